The normalized spacial score (nSPS) is 15.0. The van der Waals surface area contributed by atoms with E-state index < -0.39 is 0 Å². The van der Waals surface area contributed by atoms with Crippen LogP contribution in [0.3, 0.4) is 0 Å². The van der Waals surface area contributed by atoms with E-state index in [9.17, 15) is 9.18 Å². The number of benzene rings is 1. The second-order valence-electron chi connectivity index (χ2n) is 6.44. The number of aromatic nitrogens is 2. The lowest BCUT2D eigenvalue weighted by atomic mass is 9.95. The Morgan fingerprint density at radius 3 is 2.81 bits per heavy atom. The minimum atomic E-state index is -0.268. The summed E-state index contributed by atoms with van der Waals surface area (Å²) in [6.07, 6.45) is 6.35. The van der Waals surface area contributed by atoms with E-state index in [2.05, 4.69) is 10.3 Å². The predicted octanol–water partition coefficient (Wildman–Crippen LogP) is 4.22. The molecule has 0 unspecified atom stereocenters. The molecule has 2 aromatic rings. The topological polar surface area (TPSA) is 70.8 Å². The number of hydrogen-bond donors (Lipinski definition) is 2. The highest BCUT2D eigenvalue weighted by atomic mass is 32.2. The summed E-state index contributed by atoms with van der Waals surface area (Å²) >= 11 is 1.44. The number of rotatable bonds is 6. The van der Waals surface area contributed by atoms with Crippen molar-refractivity contribution < 1.29 is 4.39 Å². The average Bonchev–Trinajstić information content (AvgIpc) is 2.66. The van der Waals surface area contributed by atoms with Crippen molar-refractivity contribution in [3.63, 3.8) is 0 Å². The Hall–Kier alpha value is -2.15. The zero-order valence-electron chi connectivity index (χ0n) is 14.8. The van der Waals surface area contributed by atoms with Crippen LogP contribution < -0.4 is 10.9 Å². The van der Waals surface area contributed by atoms with Crippen LogP contribution in [0.5, 0.6) is 0 Å². The van der Waals surface area contributed by atoms with E-state index in [-0.39, 0.29) is 23.0 Å². The first-order valence-electron chi connectivity index (χ1n) is 8.86. The first kappa shape index (κ1) is 18.6. The maximum Gasteiger partial charge on any atom is 0.265 e. The van der Waals surface area contributed by atoms with Gasteiger partial charge in [-0.25, -0.2) is 9.37 Å². The smallest absolute Gasteiger partial charge is 0.265 e. The van der Waals surface area contributed by atoms with Crippen molar-refractivity contribution in [1.29, 1.82) is 5.41 Å². The number of thioether (sulfide) groups is 1. The molecule has 0 atom stereocenters. The molecule has 1 aliphatic carbocycles. The zero-order valence-corrected chi connectivity index (χ0v) is 15.6. The number of hydrogen-bond acceptors (Lipinski definition) is 5. The van der Waals surface area contributed by atoms with Gasteiger partial charge < -0.3 is 10.7 Å². The summed E-state index contributed by atoms with van der Waals surface area (Å²) in [6.45, 7) is 0. The second kappa shape index (κ2) is 8.49. The lowest BCUT2D eigenvalue weighted by molar-refractivity contribution is 0.324. The van der Waals surface area contributed by atoms with Crippen LogP contribution in [-0.4, -0.2) is 22.8 Å². The molecule has 0 aliphatic heterocycles. The van der Waals surface area contributed by atoms with Crippen molar-refractivity contribution in [3.05, 3.63) is 51.6 Å². The van der Waals surface area contributed by atoms with E-state index >= 15 is 0 Å². The molecular formula is C19H23FN4OS. The molecule has 0 amide bonds. The molecule has 1 heterocycles. The molecular weight excluding hydrogens is 351 g/mol. The molecule has 2 N–H and O–H groups in total. The highest BCUT2D eigenvalue weighted by molar-refractivity contribution is 7.98. The van der Waals surface area contributed by atoms with Gasteiger partial charge in [0.05, 0.1) is 5.56 Å². The predicted molar refractivity (Wildman–Crippen MR) is 104 cm³/mol. The van der Waals surface area contributed by atoms with Crippen molar-refractivity contribution in [2.45, 2.75) is 49.1 Å². The number of halogens is 1. The molecule has 138 valence electrons. The number of nitrogens with one attached hydrogen (secondary N) is 2. The lowest BCUT2D eigenvalue weighted by Gasteiger charge is -2.26. The fourth-order valence-corrected chi connectivity index (χ4v) is 4.39. The van der Waals surface area contributed by atoms with Gasteiger partial charge in [-0.1, -0.05) is 43.2 Å². The molecule has 1 saturated carbocycles. The van der Waals surface area contributed by atoms with E-state index in [1.54, 1.807) is 17.7 Å². The summed E-state index contributed by atoms with van der Waals surface area (Å²) in [5, 5.41) is 11.1. The zero-order chi connectivity index (χ0) is 18.5. The van der Waals surface area contributed by atoms with Gasteiger partial charge in [-0.05, 0) is 30.5 Å². The van der Waals surface area contributed by atoms with Gasteiger partial charge in [0.1, 0.15) is 11.6 Å². The second-order valence-corrected chi connectivity index (χ2v) is 7.38. The van der Waals surface area contributed by atoms with Crippen LogP contribution in [0.2, 0.25) is 0 Å². The maximum atomic E-state index is 13.4. The Bertz CT molecular complexity index is 846. The summed E-state index contributed by atoms with van der Waals surface area (Å²) in [4.78, 5) is 17.6. The van der Waals surface area contributed by atoms with Crippen LogP contribution in [0.15, 0.2) is 34.2 Å². The molecule has 1 aromatic carbocycles. The van der Waals surface area contributed by atoms with Gasteiger partial charge in [-0.15, -0.1) is 0 Å². The van der Waals surface area contributed by atoms with Gasteiger partial charge in [-0.3, -0.25) is 9.36 Å². The van der Waals surface area contributed by atoms with Gasteiger partial charge >= 0.3 is 0 Å². The molecule has 0 spiro atoms. The highest BCUT2D eigenvalue weighted by Crippen LogP contribution is 2.32. The fraction of sp³-hybridized carbons (Fsp3) is 0.421. The summed E-state index contributed by atoms with van der Waals surface area (Å²) in [5.41, 5.74) is 0.961. The lowest BCUT2D eigenvalue weighted by Crippen LogP contribution is -2.32. The summed E-state index contributed by atoms with van der Waals surface area (Å²) in [7, 11) is 1.70. The molecule has 0 radical (unpaired) electrons. The Balaban J connectivity index is 1.99. The molecule has 26 heavy (non-hydrogen) atoms. The third-order valence-electron chi connectivity index (χ3n) is 4.70. The third-order valence-corrected chi connectivity index (χ3v) is 5.72. The Labute approximate surface area is 156 Å². The monoisotopic (exact) mass is 374 g/mol. The van der Waals surface area contributed by atoms with Crippen molar-refractivity contribution in [2.75, 3.05) is 12.4 Å². The average molecular weight is 374 g/mol. The highest BCUT2D eigenvalue weighted by Gasteiger charge is 2.23. The molecule has 0 saturated heterocycles. The van der Waals surface area contributed by atoms with Crippen molar-refractivity contribution in [2.24, 2.45) is 0 Å². The Kier molecular flexibility index (Phi) is 6.08. The quantitative estimate of drug-likeness (QED) is 0.451. The molecule has 5 nitrogen and oxygen atoms in total. The van der Waals surface area contributed by atoms with Crippen LogP contribution in [0.4, 0.5) is 10.2 Å². The van der Waals surface area contributed by atoms with Gasteiger partial charge in [-0.2, -0.15) is 0 Å². The van der Waals surface area contributed by atoms with E-state index in [0.29, 0.717) is 16.7 Å². The first-order valence-corrected chi connectivity index (χ1v) is 9.84. The van der Waals surface area contributed by atoms with Crippen LogP contribution in [-0.2, 0) is 5.75 Å². The van der Waals surface area contributed by atoms with Crippen LogP contribution in [0.1, 0.15) is 49.3 Å². The minimum absolute atomic E-state index is 0.114. The van der Waals surface area contributed by atoms with Gasteiger partial charge in [0.2, 0.25) is 0 Å². The van der Waals surface area contributed by atoms with E-state index in [0.717, 1.165) is 37.5 Å². The number of nitrogens with zero attached hydrogens (tertiary/aromatic N) is 2. The Morgan fingerprint density at radius 2 is 2.15 bits per heavy atom. The van der Waals surface area contributed by atoms with Gasteiger partial charge in [0.15, 0.2) is 5.16 Å². The molecule has 0 bridgehead atoms. The van der Waals surface area contributed by atoms with Crippen molar-refractivity contribution >= 4 is 23.8 Å². The maximum absolute atomic E-state index is 13.4. The van der Waals surface area contributed by atoms with Crippen LogP contribution in [0.25, 0.3) is 0 Å². The SMILES string of the molecule is CNc1nc(SCc2cccc(F)c2)n(C2CCCCC2)c(=O)c1C=N. The molecule has 1 fully saturated rings. The largest absolute Gasteiger partial charge is 0.372 e. The molecule has 1 aliphatic rings. The van der Waals surface area contributed by atoms with Crippen LogP contribution in [0, 0.1) is 11.2 Å². The first-order chi connectivity index (χ1) is 12.6. The molecule has 3 rings (SSSR count). The van der Waals surface area contributed by atoms with E-state index in [1.165, 1.54) is 30.3 Å². The minimum Gasteiger partial charge on any atom is -0.372 e. The summed E-state index contributed by atoms with van der Waals surface area (Å²) < 4.78 is 15.2. The van der Waals surface area contributed by atoms with Crippen molar-refractivity contribution in [3.8, 4) is 0 Å². The summed E-state index contributed by atoms with van der Waals surface area (Å²) in [6, 6.07) is 6.58. The van der Waals surface area contributed by atoms with E-state index in [1.807, 2.05) is 6.07 Å². The van der Waals surface area contributed by atoms with E-state index in [4.69, 9.17) is 5.41 Å². The number of anilines is 1. The molecule has 7 heteroatoms. The molecule has 1 aromatic heterocycles. The summed E-state index contributed by atoms with van der Waals surface area (Å²) in [5.74, 6) is 0.680. The van der Waals surface area contributed by atoms with Gasteiger partial charge in [0, 0.05) is 25.1 Å². The Morgan fingerprint density at radius 1 is 1.38 bits per heavy atom. The van der Waals surface area contributed by atoms with Gasteiger partial charge in [0.25, 0.3) is 5.56 Å². The fourth-order valence-electron chi connectivity index (χ4n) is 3.39. The third kappa shape index (κ3) is 3.98. The van der Waals surface area contributed by atoms with Crippen molar-refractivity contribution in [1.82, 2.24) is 9.55 Å². The standard InChI is InChI=1S/C19H23FN4OS/c1-22-17-16(11-21)18(25)24(15-8-3-2-4-9-15)19(23-17)26-12-13-6-5-7-14(20)10-13/h5-7,10-11,15,21-22H,2-4,8-9,12H2,1H3. The van der Waals surface area contributed by atoms with Crippen LogP contribution >= 0.6 is 11.8 Å².